The van der Waals surface area contributed by atoms with Crippen LogP contribution in [0.5, 0.6) is 0 Å². The molecule has 0 fully saturated rings. The van der Waals surface area contributed by atoms with Gasteiger partial charge in [0.2, 0.25) is 5.76 Å². The van der Waals surface area contributed by atoms with Crippen molar-refractivity contribution < 1.29 is 23.6 Å². The molecule has 0 aliphatic carbocycles. The Bertz CT molecular complexity index is 1270. The molecule has 1 atom stereocenters. The molecule has 32 heavy (non-hydrogen) atoms. The Morgan fingerprint density at radius 1 is 1.09 bits per heavy atom. The lowest BCUT2D eigenvalue weighted by Gasteiger charge is -2.13. The number of nitrogens with one attached hydrogen (secondary N) is 2. The third-order valence-corrected chi connectivity index (χ3v) is 4.48. The maximum Gasteiger partial charge on any atom is 0.412 e. The number of para-hydroxylation sites is 1. The van der Waals surface area contributed by atoms with Crippen LogP contribution in [0.1, 0.15) is 35.7 Å². The number of carbonyl (C=O) groups is 1. The average molecular weight is 429 g/mol. The molecule has 8 heteroatoms. The summed E-state index contributed by atoms with van der Waals surface area (Å²) in [5, 5.41) is 7.67. The minimum Gasteiger partial charge on any atom is -0.441 e. The standard InChI is InChI=1S/C23H19N3O3.CO2/c1-15-22(25-23(27)28-16(2)17-8-4-3-5-9-17)21(29-26-15)13-12-19-14-18-10-6-7-11-20(18)24-19;2-1-3/h3-11,14,16,24H,1-2H3,(H,25,27);. The molecule has 0 spiro atoms. The summed E-state index contributed by atoms with van der Waals surface area (Å²) in [6.07, 6.45) is -0.737. The summed E-state index contributed by atoms with van der Waals surface area (Å²) in [4.78, 5) is 31.8. The van der Waals surface area contributed by atoms with E-state index >= 15 is 0 Å². The van der Waals surface area contributed by atoms with Crippen LogP contribution in [0.4, 0.5) is 10.5 Å². The third-order valence-electron chi connectivity index (χ3n) is 4.48. The molecule has 2 N–H and O–H groups in total. The molecular weight excluding hydrogens is 410 g/mol. The first kappa shape index (κ1) is 22.1. The van der Waals surface area contributed by atoms with E-state index in [1.54, 1.807) is 6.92 Å². The van der Waals surface area contributed by atoms with Crippen molar-refractivity contribution in [3.8, 4) is 11.8 Å². The monoisotopic (exact) mass is 429 g/mol. The van der Waals surface area contributed by atoms with Gasteiger partial charge in [-0.15, -0.1) is 0 Å². The highest BCUT2D eigenvalue weighted by Crippen LogP contribution is 2.22. The van der Waals surface area contributed by atoms with E-state index in [1.165, 1.54) is 0 Å². The quantitative estimate of drug-likeness (QED) is 0.461. The van der Waals surface area contributed by atoms with Gasteiger partial charge in [0.15, 0.2) is 0 Å². The number of amides is 1. The zero-order valence-electron chi connectivity index (χ0n) is 17.3. The number of ether oxygens (including phenoxy) is 1. The van der Waals surface area contributed by atoms with Crippen molar-refractivity contribution in [3.05, 3.63) is 83.4 Å². The van der Waals surface area contributed by atoms with Gasteiger partial charge in [-0.1, -0.05) is 53.7 Å². The first-order valence-electron chi connectivity index (χ1n) is 9.59. The number of benzene rings is 2. The Morgan fingerprint density at radius 2 is 1.78 bits per heavy atom. The van der Waals surface area contributed by atoms with Crippen molar-refractivity contribution in [2.45, 2.75) is 20.0 Å². The number of aromatic amines is 1. The number of anilines is 1. The summed E-state index contributed by atoms with van der Waals surface area (Å²) in [5.41, 5.74) is 3.58. The Balaban J connectivity index is 0.000000913. The van der Waals surface area contributed by atoms with E-state index in [9.17, 15) is 4.79 Å². The Morgan fingerprint density at radius 3 is 2.50 bits per heavy atom. The van der Waals surface area contributed by atoms with Crippen molar-refractivity contribution in [1.29, 1.82) is 0 Å². The van der Waals surface area contributed by atoms with Crippen LogP contribution in [0.3, 0.4) is 0 Å². The number of rotatable bonds is 3. The summed E-state index contributed by atoms with van der Waals surface area (Å²) in [7, 11) is 0. The van der Waals surface area contributed by atoms with Crippen LogP contribution in [0.25, 0.3) is 10.9 Å². The Kier molecular flexibility index (Phi) is 7.20. The maximum absolute atomic E-state index is 12.3. The number of H-pyrrole nitrogens is 1. The number of aryl methyl sites for hydroxylation is 1. The lowest BCUT2D eigenvalue weighted by molar-refractivity contribution is -0.191. The van der Waals surface area contributed by atoms with Gasteiger partial charge < -0.3 is 14.2 Å². The van der Waals surface area contributed by atoms with Gasteiger partial charge in [0.05, 0.1) is 5.69 Å². The van der Waals surface area contributed by atoms with Gasteiger partial charge in [0, 0.05) is 10.9 Å². The molecule has 0 aliphatic rings. The topological polar surface area (TPSA) is 114 Å². The van der Waals surface area contributed by atoms with Crippen LogP contribution < -0.4 is 5.32 Å². The molecule has 4 aromatic rings. The molecule has 160 valence electrons. The fourth-order valence-electron chi connectivity index (χ4n) is 2.95. The molecule has 0 aliphatic heterocycles. The molecule has 2 heterocycles. The highest BCUT2D eigenvalue weighted by molar-refractivity contribution is 5.87. The van der Waals surface area contributed by atoms with E-state index in [0.29, 0.717) is 11.4 Å². The number of fused-ring (bicyclic) bond motifs is 1. The summed E-state index contributed by atoms with van der Waals surface area (Å²) in [6.45, 7) is 3.54. The second kappa shape index (κ2) is 10.4. The smallest absolute Gasteiger partial charge is 0.412 e. The number of hydrogen-bond donors (Lipinski definition) is 2. The average Bonchev–Trinajstić information content (AvgIpc) is 3.36. The van der Waals surface area contributed by atoms with Crippen LogP contribution in [-0.2, 0) is 14.3 Å². The predicted molar refractivity (Wildman–Crippen MR) is 115 cm³/mol. The van der Waals surface area contributed by atoms with Crippen molar-refractivity contribution in [2.24, 2.45) is 0 Å². The SMILES string of the molecule is Cc1noc(C#Cc2cc3ccccc3[nH]2)c1NC(=O)OC(C)c1ccccc1.O=C=O. The van der Waals surface area contributed by atoms with Gasteiger partial charge in [-0.25, -0.2) is 4.79 Å². The fraction of sp³-hybridized carbons (Fsp3) is 0.125. The Hall–Kier alpha value is -4.60. The van der Waals surface area contributed by atoms with Gasteiger partial charge >= 0.3 is 12.2 Å². The van der Waals surface area contributed by atoms with Gasteiger partial charge in [-0.2, -0.15) is 9.59 Å². The van der Waals surface area contributed by atoms with Crippen LogP contribution in [0.15, 0.2) is 65.2 Å². The third kappa shape index (κ3) is 5.51. The van der Waals surface area contributed by atoms with E-state index in [2.05, 4.69) is 27.3 Å². The maximum atomic E-state index is 12.3. The first-order valence-corrected chi connectivity index (χ1v) is 9.59. The van der Waals surface area contributed by atoms with Gasteiger partial charge in [0.1, 0.15) is 17.5 Å². The lowest BCUT2D eigenvalue weighted by atomic mass is 10.1. The van der Waals surface area contributed by atoms with Crippen LogP contribution in [-0.4, -0.2) is 22.4 Å². The molecule has 1 unspecified atom stereocenters. The van der Waals surface area contributed by atoms with E-state index in [0.717, 1.165) is 22.2 Å². The van der Waals surface area contributed by atoms with Gasteiger partial charge in [0.25, 0.3) is 0 Å². The van der Waals surface area contributed by atoms with Crippen molar-refractivity contribution >= 4 is 28.8 Å². The molecule has 4 rings (SSSR count). The highest BCUT2D eigenvalue weighted by atomic mass is 16.6. The minimum absolute atomic E-state index is 0.250. The van der Waals surface area contributed by atoms with Crippen molar-refractivity contribution in [2.75, 3.05) is 5.32 Å². The van der Waals surface area contributed by atoms with Crippen molar-refractivity contribution in [3.63, 3.8) is 0 Å². The van der Waals surface area contributed by atoms with Crippen LogP contribution >= 0.6 is 0 Å². The number of nitrogens with zero attached hydrogens (tertiary/aromatic N) is 1. The van der Waals surface area contributed by atoms with E-state index in [4.69, 9.17) is 18.8 Å². The Labute approximate surface area is 183 Å². The van der Waals surface area contributed by atoms with Crippen molar-refractivity contribution in [1.82, 2.24) is 10.1 Å². The molecule has 0 saturated carbocycles. The second-order valence-corrected chi connectivity index (χ2v) is 6.66. The molecule has 8 nitrogen and oxygen atoms in total. The van der Waals surface area contributed by atoms with Crippen LogP contribution in [0.2, 0.25) is 0 Å². The summed E-state index contributed by atoms with van der Waals surface area (Å²) in [6, 6.07) is 19.4. The largest absolute Gasteiger partial charge is 0.441 e. The molecule has 0 bridgehead atoms. The van der Waals surface area contributed by atoms with E-state index in [1.807, 2.05) is 67.6 Å². The molecule has 0 saturated heterocycles. The van der Waals surface area contributed by atoms with E-state index < -0.39 is 12.2 Å². The zero-order chi connectivity index (χ0) is 22.9. The van der Waals surface area contributed by atoms with Crippen LogP contribution in [0, 0.1) is 18.8 Å². The zero-order valence-corrected chi connectivity index (χ0v) is 17.3. The lowest BCUT2D eigenvalue weighted by Crippen LogP contribution is -2.16. The first-order chi connectivity index (χ1) is 15.5. The molecule has 1 amide bonds. The number of aromatic nitrogens is 2. The fourth-order valence-corrected chi connectivity index (χ4v) is 2.95. The molecule has 2 aromatic carbocycles. The summed E-state index contributed by atoms with van der Waals surface area (Å²) >= 11 is 0. The number of carbonyl (C=O) groups excluding carboxylic acids is 3. The summed E-state index contributed by atoms with van der Waals surface area (Å²) < 4.78 is 10.7. The molecule has 0 radical (unpaired) electrons. The second-order valence-electron chi connectivity index (χ2n) is 6.66. The summed E-state index contributed by atoms with van der Waals surface area (Å²) in [5.74, 6) is 6.20. The molecular formula is C24H19N3O5. The minimum atomic E-state index is -0.596. The predicted octanol–water partition coefficient (Wildman–Crippen LogP) is 4.59. The number of hydrogen-bond acceptors (Lipinski definition) is 6. The highest BCUT2D eigenvalue weighted by Gasteiger charge is 2.17. The van der Waals surface area contributed by atoms with Gasteiger partial charge in [-0.3, -0.25) is 5.32 Å². The van der Waals surface area contributed by atoms with E-state index in [-0.39, 0.29) is 11.9 Å². The molecule has 2 aromatic heterocycles. The normalized spacial score (nSPS) is 10.7. The van der Waals surface area contributed by atoms with Gasteiger partial charge in [-0.05, 0) is 43.4 Å².